The number of ether oxygens (including phenoxy) is 1. The Kier molecular flexibility index (Phi) is 4.65. The number of anilines is 1. The second-order valence-electron chi connectivity index (χ2n) is 6.39. The number of pyridine rings is 2. The molecule has 136 valence electrons. The van der Waals surface area contributed by atoms with Crippen molar-refractivity contribution in [3.63, 3.8) is 0 Å². The standard InChI is InChI=1S/C20H19N5O2/c21-20-24-16(12-27-20)7-3-13-1-5-15(6-2-13)23-19(26)18-8-4-14-11-22-10-9-17(14)25-18/h1-2,4-6,8-11,16H,3,7,12H2,(H2,21,24)(H,23,26). The SMILES string of the molecule is NC1=NC(CCc2ccc(NC(=O)c3ccc4cnccc4n3)cc2)CO1. The Hall–Kier alpha value is -3.48. The number of carbonyl (C=O) groups is 1. The molecular formula is C20H19N5O2. The van der Waals surface area contributed by atoms with Crippen LogP contribution in [0.15, 0.2) is 59.9 Å². The second kappa shape index (κ2) is 7.41. The summed E-state index contributed by atoms with van der Waals surface area (Å²) >= 11 is 0. The molecule has 0 fully saturated rings. The van der Waals surface area contributed by atoms with Gasteiger partial charge in [0.05, 0.1) is 11.6 Å². The first-order chi connectivity index (χ1) is 13.2. The Balaban J connectivity index is 1.37. The summed E-state index contributed by atoms with van der Waals surface area (Å²) in [6, 6.07) is 13.5. The molecule has 0 bridgehead atoms. The van der Waals surface area contributed by atoms with Crippen LogP contribution in [0.4, 0.5) is 5.69 Å². The van der Waals surface area contributed by atoms with Gasteiger partial charge < -0.3 is 15.8 Å². The Morgan fingerprint density at radius 1 is 1.19 bits per heavy atom. The lowest BCUT2D eigenvalue weighted by atomic mass is 10.1. The van der Waals surface area contributed by atoms with Gasteiger partial charge in [-0.1, -0.05) is 12.1 Å². The van der Waals surface area contributed by atoms with Crippen LogP contribution in [0.5, 0.6) is 0 Å². The molecule has 0 aliphatic carbocycles. The van der Waals surface area contributed by atoms with Gasteiger partial charge in [-0.05, 0) is 48.7 Å². The number of aromatic nitrogens is 2. The zero-order chi connectivity index (χ0) is 18.6. The number of benzene rings is 1. The quantitative estimate of drug-likeness (QED) is 0.727. The maximum atomic E-state index is 12.4. The normalized spacial score (nSPS) is 16.0. The fourth-order valence-electron chi connectivity index (χ4n) is 2.96. The van der Waals surface area contributed by atoms with Crippen molar-refractivity contribution in [1.29, 1.82) is 0 Å². The van der Waals surface area contributed by atoms with E-state index >= 15 is 0 Å². The Morgan fingerprint density at radius 2 is 2.04 bits per heavy atom. The van der Waals surface area contributed by atoms with Gasteiger partial charge in [-0.15, -0.1) is 0 Å². The minimum Gasteiger partial charge on any atom is -0.463 e. The molecule has 7 heteroatoms. The molecule has 4 rings (SSSR count). The van der Waals surface area contributed by atoms with E-state index in [0.717, 1.165) is 29.4 Å². The number of nitrogens with one attached hydrogen (secondary N) is 1. The number of hydrogen-bond donors (Lipinski definition) is 2. The van der Waals surface area contributed by atoms with Crippen molar-refractivity contribution < 1.29 is 9.53 Å². The van der Waals surface area contributed by atoms with Crippen molar-refractivity contribution in [2.45, 2.75) is 18.9 Å². The summed E-state index contributed by atoms with van der Waals surface area (Å²) in [6.07, 6.45) is 5.13. The molecular weight excluding hydrogens is 342 g/mol. The molecule has 1 aliphatic heterocycles. The first-order valence-electron chi connectivity index (χ1n) is 8.74. The summed E-state index contributed by atoms with van der Waals surface area (Å²) in [7, 11) is 0. The number of amidine groups is 1. The van der Waals surface area contributed by atoms with Crippen molar-refractivity contribution >= 4 is 28.5 Å². The molecule has 1 atom stereocenters. The van der Waals surface area contributed by atoms with Gasteiger partial charge in [0, 0.05) is 23.5 Å². The van der Waals surface area contributed by atoms with Gasteiger partial charge in [0.1, 0.15) is 12.3 Å². The molecule has 3 aromatic rings. The lowest BCUT2D eigenvalue weighted by Crippen LogP contribution is -2.13. The number of amides is 1. The third kappa shape index (κ3) is 4.03. The molecule has 1 aliphatic rings. The average Bonchev–Trinajstić information content (AvgIpc) is 3.12. The first kappa shape index (κ1) is 17.0. The predicted molar refractivity (Wildman–Crippen MR) is 104 cm³/mol. The number of aliphatic imine (C=N–C) groups is 1. The summed E-state index contributed by atoms with van der Waals surface area (Å²) < 4.78 is 5.16. The van der Waals surface area contributed by atoms with Crippen molar-refractivity contribution in [1.82, 2.24) is 9.97 Å². The molecule has 0 saturated heterocycles. The van der Waals surface area contributed by atoms with Crippen LogP contribution in [0.25, 0.3) is 10.9 Å². The third-order valence-electron chi connectivity index (χ3n) is 4.43. The summed E-state index contributed by atoms with van der Waals surface area (Å²) in [5.74, 6) is -0.241. The number of nitrogens with two attached hydrogens (primary N) is 1. The van der Waals surface area contributed by atoms with Crippen LogP contribution in [0, 0.1) is 0 Å². The second-order valence-corrected chi connectivity index (χ2v) is 6.39. The highest BCUT2D eigenvalue weighted by molar-refractivity contribution is 6.04. The van der Waals surface area contributed by atoms with Gasteiger partial charge in [-0.2, -0.15) is 0 Å². The van der Waals surface area contributed by atoms with Crippen molar-refractivity contribution in [3.8, 4) is 0 Å². The number of fused-ring (bicyclic) bond motifs is 1. The number of rotatable bonds is 5. The molecule has 3 N–H and O–H groups in total. The van der Waals surface area contributed by atoms with Crippen molar-refractivity contribution in [2.75, 3.05) is 11.9 Å². The fraction of sp³-hybridized carbons (Fsp3) is 0.200. The third-order valence-corrected chi connectivity index (χ3v) is 4.43. The molecule has 0 spiro atoms. The number of hydrogen-bond acceptors (Lipinski definition) is 6. The molecule has 0 radical (unpaired) electrons. The first-order valence-corrected chi connectivity index (χ1v) is 8.74. The highest BCUT2D eigenvalue weighted by Gasteiger charge is 2.16. The van der Waals surface area contributed by atoms with Gasteiger partial charge in [0.25, 0.3) is 11.9 Å². The summed E-state index contributed by atoms with van der Waals surface area (Å²) in [5.41, 5.74) is 8.53. The fourth-order valence-corrected chi connectivity index (χ4v) is 2.96. The van der Waals surface area contributed by atoms with E-state index in [1.54, 1.807) is 24.5 Å². The Labute approximate surface area is 156 Å². The lowest BCUT2D eigenvalue weighted by molar-refractivity contribution is 0.102. The number of aryl methyl sites for hydroxylation is 1. The van der Waals surface area contributed by atoms with E-state index in [0.29, 0.717) is 12.3 Å². The highest BCUT2D eigenvalue weighted by atomic mass is 16.5. The van der Waals surface area contributed by atoms with E-state index in [1.165, 1.54) is 5.56 Å². The molecule has 3 heterocycles. The maximum Gasteiger partial charge on any atom is 0.282 e. The van der Waals surface area contributed by atoms with E-state index in [2.05, 4.69) is 20.3 Å². The largest absolute Gasteiger partial charge is 0.463 e. The van der Waals surface area contributed by atoms with E-state index in [1.807, 2.05) is 30.3 Å². The van der Waals surface area contributed by atoms with E-state index in [-0.39, 0.29) is 18.0 Å². The number of carbonyl (C=O) groups excluding carboxylic acids is 1. The maximum absolute atomic E-state index is 12.4. The molecule has 1 amide bonds. The minimum absolute atomic E-state index is 0.124. The van der Waals surface area contributed by atoms with Gasteiger partial charge in [0.2, 0.25) is 0 Å². The minimum atomic E-state index is -0.241. The van der Waals surface area contributed by atoms with Crippen LogP contribution in [0.3, 0.4) is 0 Å². The topological polar surface area (TPSA) is 102 Å². The van der Waals surface area contributed by atoms with Gasteiger partial charge in [0.15, 0.2) is 0 Å². The van der Waals surface area contributed by atoms with Gasteiger partial charge in [-0.3, -0.25) is 9.78 Å². The van der Waals surface area contributed by atoms with Crippen LogP contribution in [-0.2, 0) is 11.2 Å². The zero-order valence-corrected chi connectivity index (χ0v) is 14.6. The molecule has 7 nitrogen and oxygen atoms in total. The summed E-state index contributed by atoms with van der Waals surface area (Å²) in [5, 5.41) is 3.78. The van der Waals surface area contributed by atoms with Crippen LogP contribution in [0.2, 0.25) is 0 Å². The molecule has 1 unspecified atom stereocenters. The smallest absolute Gasteiger partial charge is 0.282 e. The zero-order valence-electron chi connectivity index (χ0n) is 14.6. The highest BCUT2D eigenvalue weighted by Crippen LogP contribution is 2.16. The predicted octanol–water partition coefficient (Wildman–Crippen LogP) is 2.53. The molecule has 27 heavy (non-hydrogen) atoms. The molecule has 1 aromatic carbocycles. The van der Waals surface area contributed by atoms with Crippen LogP contribution >= 0.6 is 0 Å². The van der Waals surface area contributed by atoms with Crippen molar-refractivity contribution in [3.05, 3.63) is 66.1 Å². The van der Waals surface area contributed by atoms with Crippen LogP contribution < -0.4 is 11.1 Å². The van der Waals surface area contributed by atoms with E-state index in [9.17, 15) is 4.79 Å². The summed E-state index contributed by atoms with van der Waals surface area (Å²) in [6.45, 7) is 0.550. The average molecular weight is 361 g/mol. The molecule has 2 aromatic heterocycles. The lowest BCUT2D eigenvalue weighted by Gasteiger charge is -2.08. The van der Waals surface area contributed by atoms with Crippen molar-refractivity contribution in [2.24, 2.45) is 10.7 Å². The Bertz CT molecular complexity index is 1000. The van der Waals surface area contributed by atoms with Crippen LogP contribution in [0.1, 0.15) is 22.5 Å². The Morgan fingerprint density at radius 3 is 2.81 bits per heavy atom. The van der Waals surface area contributed by atoms with Crippen LogP contribution in [-0.4, -0.2) is 34.5 Å². The van der Waals surface area contributed by atoms with E-state index in [4.69, 9.17) is 10.5 Å². The molecule has 0 saturated carbocycles. The monoisotopic (exact) mass is 361 g/mol. The summed E-state index contributed by atoms with van der Waals surface area (Å²) in [4.78, 5) is 25.1. The van der Waals surface area contributed by atoms with Gasteiger partial charge in [-0.25, -0.2) is 9.98 Å². The number of nitrogens with zero attached hydrogens (tertiary/aromatic N) is 3. The van der Waals surface area contributed by atoms with E-state index < -0.39 is 0 Å². The van der Waals surface area contributed by atoms with Gasteiger partial charge >= 0.3 is 0 Å².